The summed E-state index contributed by atoms with van der Waals surface area (Å²) in [5.74, 6) is -1.39. The van der Waals surface area contributed by atoms with Gasteiger partial charge in [0.1, 0.15) is 0 Å². The molecule has 0 spiro atoms. The number of hydrogen-bond acceptors (Lipinski definition) is 2. The topological polar surface area (TPSA) is 66.4 Å². The van der Waals surface area contributed by atoms with Gasteiger partial charge in [-0.25, -0.2) is 0 Å². The Bertz CT molecular complexity index is 518. The molecule has 3 atom stereocenters. The van der Waals surface area contributed by atoms with Crippen LogP contribution in [0.2, 0.25) is 0 Å². The Morgan fingerprint density at radius 3 is 2.55 bits per heavy atom. The summed E-state index contributed by atoms with van der Waals surface area (Å²) >= 11 is 3.47. The standard InChI is InChI=1S/C15H18BrNO3/c1-9(12-4-2-3-5-13(12)16)17-14(18)10-6-7-11(8-10)15(19)20/h2-5,9-11H,6-8H2,1H3,(H,17,18)(H,19,20)/t9-,10?,11?/m0/s1. The zero-order chi connectivity index (χ0) is 14.7. The second kappa shape index (κ2) is 6.39. The summed E-state index contributed by atoms with van der Waals surface area (Å²) in [6, 6.07) is 7.66. The fourth-order valence-electron chi connectivity index (χ4n) is 2.68. The molecular formula is C15H18BrNO3. The number of carboxylic acids is 1. The molecule has 0 bridgehead atoms. The van der Waals surface area contributed by atoms with Crippen LogP contribution in [0.25, 0.3) is 0 Å². The Labute approximate surface area is 126 Å². The Balaban J connectivity index is 1.95. The molecule has 1 amide bonds. The molecule has 2 unspecified atom stereocenters. The predicted octanol–water partition coefficient (Wildman–Crippen LogP) is 3.13. The number of carbonyl (C=O) groups excluding carboxylic acids is 1. The number of aliphatic carboxylic acids is 1. The molecule has 108 valence electrons. The SMILES string of the molecule is C[C@H](NC(=O)C1CCC(C(=O)O)C1)c1ccccc1Br. The molecule has 2 N–H and O–H groups in total. The van der Waals surface area contributed by atoms with E-state index >= 15 is 0 Å². The summed E-state index contributed by atoms with van der Waals surface area (Å²) in [5.41, 5.74) is 1.02. The Morgan fingerprint density at radius 1 is 1.30 bits per heavy atom. The molecule has 1 fully saturated rings. The molecule has 5 heteroatoms. The minimum absolute atomic E-state index is 0.0444. The normalized spacial score (nSPS) is 23.3. The van der Waals surface area contributed by atoms with Crippen LogP contribution in [0.4, 0.5) is 0 Å². The maximum atomic E-state index is 12.2. The van der Waals surface area contributed by atoms with Crippen molar-refractivity contribution >= 4 is 27.8 Å². The molecule has 0 aliphatic heterocycles. The van der Waals surface area contributed by atoms with E-state index in [9.17, 15) is 9.59 Å². The third-order valence-electron chi connectivity index (χ3n) is 3.88. The summed E-state index contributed by atoms with van der Waals surface area (Å²) in [6.45, 7) is 1.93. The van der Waals surface area contributed by atoms with Gasteiger partial charge in [0, 0.05) is 10.4 Å². The summed E-state index contributed by atoms with van der Waals surface area (Å²) in [5, 5.41) is 11.9. The van der Waals surface area contributed by atoms with Gasteiger partial charge in [0.2, 0.25) is 5.91 Å². The average Bonchev–Trinajstić information content (AvgIpc) is 2.88. The fourth-order valence-corrected chi connectivity index (χ4v) is 3.31. The molecule has 0 aromatic heterocycles. The van der Waals surface area contributed by atoms with Crippen LogP contribution in [0, 0.1) is 11.8 Å². The lowest BCUT2D eigenvalue weighted by Crippen LogP contribution is -2.32. The van der Waals surface area contributed by atoms with Gasteiger partial charge in [0.25, 0.3) is 0 Å². The number of halogens is 1. The molecule has 0 saturated heterocycles. The lowest BCUT2D eigenvalue weighted by Gasteiger charge is -2.18. The van der Waals surface area contributed by atoms with E-state index in [1.54, 1.807) is 0 Å². The van der Waals surface area contributed by atoms with E-state index < -0.39 is 5.97 Å². The van der Waals surface area contributed by atoms with Crippen molar-refractivity contribution in [3.05, 3.63) is 34.3 Å². The van der Waals surface area contributed by atoms with Gasteiger partial charge in [-0.3, -0.25) is 9.59 Å². The maximum absolute atomic E-state index is 12.2. The van der Waals surface area contributed by atoms with Gasteiger partial charge in [0.15, 0.2) is 0 Å². The van der Waals surface area contributed by atoms with Crippen molar-refractivity contribution in [1.29, 1.82) is 0 Å². The van der Waals surface area contributed by atoms with E-state index in [4.69, 9.17) is 5.11 Å². The third kappa shape index (κ3) is 3.39. The molecule has 1 aliphatic rings. The second-order valence-electron chi connectivity index (χ2n) is 5.30. The monoisotopic (exact) mass is 339 g/mol. The molecule has 0 radical (unpaired) electrons. The van der Waals surface area contributed by atoms with Crippen LogP contribution >= 0.6 is 15.9 Å². The minimum atomic E-state index is -0.792. The van der Waals surface area contributed by atoms with Crippen LogP contribution in [-0.2, 0) is 9.59 Å². The molecule has 1 aliphatic carbocycles. The van der Waals surface area contributed by atoms with E-state index in [1.165, 1.54) is 0 Å². The van der Waals surface area contributed by atoms with Crippen LogP contribution < -0.4 is 5.32 Å². The van der Waals surface area contributed by atoms with Crippen LogP contribution in [-0.4, -0.2) is 17.0 Å². The fraction of sp³-hybridized carbons (Fsp3) is 0.467. The molecule has 1 saturated carbocycles. The highest BCUT2D eigenvalue weighted by molar-refractivity contribution is 9.10. The van der Waals surface area contributed by atoms with Crippen LogP contribution in [0.1, 0.15) is 37.8 Å². The van der Waals surface area contributed by atoms with E-state index in [0.717, 1.165) is 10.0 Å². The van der Waals surface area contributed by atoms with E-state index in [2.05, 4.69) is 21.2 Å². The number of benzene rings is 1. The molecule has 2 rings (SSSR count). The first-order chi connectivity index (χ1) is 9.49. The number of hydrogen-bond donors (Lipinski definition) is 2. The quantitative estimate of drug-likeness (QED) is 0.885. The first kappa shape index (κ1) is 15.0. The van der Waals surface area contributed by atoms with E-state index in [1.807, 2.05) is 31.2 Å². The van der Waals surface area contributed by atoms with Crippen LogP contribution in [0.15, 0.2) is 28.7 Å². The number of carboxylic acid groups (broad SMARTS) is 1. The lowest BCUT2D eigenvalue weighted by molar-refractivity contribution is -0.141. The largest absolute Gasteiger partial charge is 0.481 e. The number of rotatable bonds is 4. The van der Waals surface area contributed by atoms with Gasteiger partial charge < -0.3 is 10.4 Å². The van der Waals surface area contributed by atoms with Gasteiger partial charge in [0.05, 0.1) is 12.0 Å². The number of nitrogens with one attached hydrogen (secondary N) is 1. The van der Waals surface area contributed by atoms with E-state index in [-0.39, 0.29) is 23.8 Å². The van der Waals surface area contributed by atoms with Crippen molar-refractivity contribution in [3.63, 3.8) is 0 Å². The Morgan fingerprint density at radius 2 is 1.95 bits per heavy atom. The van der Waals surface area contributed by atoms with Gasteiger partial charge >= 0.3 is 5.97 Å². The summed E-state index contributed by atoms with van der Waals surface area (Å²) in [6.07, 6.45) is 1.70. The number of carbonyl (C=O) groups is 2. The molecule has 20 heavy (non-hydrogen) atoms. The van der Waals surface area contributed by atoms with Gasteiger partial charge in [-0.05, 0) is 37.8 Å². The average molecular weight is 340 g/mol. The molecule has 4 nitrogen and oxygen atoms in total. The minimum Gasteiger partial charge on any atom is -0.481 e. The van der Waals surface area contributed by atoms with E-state index in [0.29, 0.717) is 19.3 Å². The zero-order valence-corrected chi connectivity index (χ0v) is 12.9. The van der Waals surface area contributed by atoms with Gasteiger partial charge in [-0.1, -0.05) is 34.1 Å². The van der Waals surface area contributed by atoms with Crippen molar-refractivity contribution < 1.29 is 14.7 Å². The van der Waals surface area contributed by atoms with Crippen LogP contribution in [0.3, 0.4) is 0 Å². The molecular weight excluding hydrogens is 322 g/mol. The second-order valence-corrected chi connectivity index (χ2v) is 6.15. The van der Waals surface area contributed by atoms with Crippen LogP contribution in [0.5, 0.6) is 0 Å². The first-order valence-electron chi connectivity index (χ1n) is 6.76. The molecule has 0 heterocycles. The third-order valence-corrected chi connectivity index (χ3v) is 4.61. The summed E-state index contributed by atoms with van der Waals surface area (Å²) in [4.78, 5) is 23.1. The lowest BCUT2D eigenvalue weighted by atomic mass is 10.0. The molecule has 1 aromatic carbocycles. The Kier molecular flexibility index (Phi) is 4.81. The van der Waals surface area contributed by atoms with Crippen molar-refractivity contribution in [2.45, 2.75) is 32.2 Å². The highest BCUT2D eigenvalue weighted by Gasteiger charge is 2.34. The highest BCUT2D eigenvalue weighted by Crippen LogP contribution is 2.32. The zero-order valence-electron chi connectivity index (χ0n) is 11.3. The van der Waals surface area contributed by atoms with Crippen molar-refractivity contribution in [2.24, 2.45) is 11.8 Å². The smallest absolute Gasteiger partial charge is 0.306 e. The highest BCUT2D eigenvalue weighted by atomic mass is 79.9. The van der Waals surface area contributed by atoms with Crippen molar-refractivity contribution in [1.82, 2.24) is 5.32 Å². The van der Waals surface area contributed by atoms with Gasteiger partial charge in [-0.2, -0.15) is 0 Å². The van der Waals surface area contributed by atoms with Crippen molar-refractivity contribution in [2.75, 3.05) is 0 Å². The molecule has 1 aromatic rings. The predicted molar refractivity (Wildman–Crippen MR) is 79.2 cm³/mol. The summed E-state index contributed by atoms with van der Waals surface area (Å²) < 4.78 is 0.961. The summed E-state index contributed by atoms with van der Waals surface area (Å²) in [7, 11) is 0. The van der Waals surface area contributed by atoms with Crippen molar-refractivity contribution in [3.8, 4) is 0 Å². The Hall–Kier alpha value is -1.36. The number of amides is 1. The maximum Gasteiger partial charge on any atom is 0.306 e. The van der Waals surface area contributed by atoms with Gasteiger partial charge in [-0.15, -0.1) is 0 Å². The first-order valence-corrected chi connectivity index (χ1v) is 7.56.